The van der Waals surface area contributed by atoms with Gasteiger partial charge in [0.15, 0.2) is 0 Å². The highest BCUT2D eigenvalue weighted by Crippen LogP contribution is 2.30. The Balaban J connectivity index is 1.46. The summed E-state index contributed by atoms with van der Waals surface area (Å²) in [6, 6.07) is 15.4. The smallest absolute Gasteiger partial charge is 0.226 e. The molecule has 0 atom stereocenters. The third-order valence-electron chi connectivity index (χ3n) is 3.68. The molecule has 1 amide bonds. The van der Waals surface area contributed by atoms with Crippen LogP contribution in [0.2, 0.25) is 5.02 Å². The molecule has 0 unspecified atom stereocenters. The predicted molar refractivity (Wildman–Crippen MR) is 106 cm³/mol. The van der Waals surface area contributed by atoms with Gasteiger partial charge < -0.3 is 10.1 Å². The van der Waals surface area contributed by atoms with Gasteiger partial charge in [0.25, 0.3) is 0 Å². The molecule has 26 heavy (non-hydrogen) atoms. The highest BCUT2D eigenvalue weighted by molar-refractivity contribution is 7.13. The molecular formula is C20H19ClN2O2S. The molecule has 0 saturated carbocycles. The predicted octanol–water partition coefficient (Wildman–Crippen LogP) is 4.51. The maximum atomic E-state index is 12.1. The summed E-state index contributed by atoms with van der Waals surface area (Å²) in [5.74, 6) is 0.733. The second-order valence-corrected chi connectivity index (χ2v) is 7.08. The van der Waals surface area contributed by atoms with Gasteiger partial charge >= 0.3 is 0 Å². The molecule has 1 N–H and O–H groups in total. The van der Waals surface area contributed by atoms with E-state index in [1.54, 1.807) is 0 Å². The summed E-state index contributed by atoms with van der Waals surface area (Å²) in [4.78, 5) is 16.6. The number of nitrogens with one attached hydrogen (secondary N) is 1. The number of amides is 1. The molecule has 1 aromatic heterocycles. The molecule has 0 aliphatic heterocycles. The first-order valence-electron chi connectivity index (χ1n) is 8.27. The van der Waals surface area contributed by atoms with Crippen molar-refractivity contribution in [3.05, 3.63) is 70.2 Å². The summed E-state index contributed by atoms with van der Waals surface area (Å²) in [6.45, 7) is 2.89. The Morgan fingerprint density at radius 3 is 2.88 bits per heavy atom. The molecule has 1 heterocycles. The minimum Gasteiger partial charge on any atom is -0.492 e. The van der Waals surface area contributed by atoms with E-state index in [9.17, 15) is 4.79 Å². The van der Waals surface area contributed by atoms with Gasteiger partial charge in [-0.05, 0) is 30.7 Å². The normalized spacial score (nSPS) is 10.5. The highest BCUT2D eigenvalue weighted by Gasteiger charge is 2.10. The number of hydrogen-bond acceptors (Lipinski definition) is 4. The maximum absolute atomic E-state index is 12.1. The lowest BCUT2D eigenvalue weighted by atomic mass is 10.2. The van der Waals surface area contributed by atoms with E-state index in [0.29, 0.717) is 18.2 Å². The number of benzene rings is 2. The van der Waals surface area contributed by atoms with E-state index in [4.69, 9.17) is 16.3 Å². The number of halogens is 1. The number of carbonyl (C=O) groups excluding carboxylic acids is 1. The zero-order chi connectivity index (χ0) is 18.4. The average molecular weight is 387 g/mol. The van der Waals surface area contributed by atoms with Gasteiger partial charge in [-0.15, -0.1) is 11.3 Å². The summed E-state index contributed by atoms with van der Waals surface area (Å²) in [7, 11) is 0. The van der Waals surface area contributed by atoms with E-state index in [1.165, 1.54) is 11.3 Å². The van der Waals surface area contributed by atoms with Gasteiger partial charge in [0.05, 0.1) is 23.7 Å². The number of thiazole rings is 1. The zero-order valence-corrected chi connectivity index (χ0v) is 15.9. The van der Waals surface area contributed by atoms with E-state index in [0.717, 1.165) is 27.6 Å². The van der Waals surface area contributed by atoms with E-state index < -0.39 is 0 Å². The minimum absolute atomic E-state index is 0.0751. The molecule has 0 spiro atoms. The average Bonchev–Trinajstić information content (AvgIpc) is 3.07. The Bertz CT molecular complexity index is 895. The van der Waals surface area contributed by atoms with Crippen molar-refractivity contribution in [3.63, 3.8) is 0 Å². The van der Waals surface area contributed by atoms with Crippen LogP contribution in [0.5, 0.6) is 5.75 Å². The van der Waals surface area contributed by atoms with E-state index >= 15 is 0 Å². The number of aromatic nitrogens is 1. The number of carbonyl (C=O) groups is 1. The molecule has 4 nitrogen and oxygen atoms in total. The monoisotopic (exact) mass is 386 g/mol. The molecule has 0 aliphatic rings. The number of nitrogens with zero attached hydrogens (tertiary/aromatic N) is 1. The Kier molecular flexibility index (Phi) is 6.26. The standard InChI is InChI=1S/C20H19ClN2O2S/c1-14-5-4-6-16(11-14)25-10-9-22-19(24)12-15-13-26-20(23-15)17-7-2-3-8-18(17)21/h2-8,11,13H,9-10,12H2,1H3,(H,22,24). The van der Waals surface area contributed by atoms with Gasteiger partial charge in [-0.3, -0.25) is 4.79 Å². The summed E-state index contributed by atoms with van der Waals surface area (Å²) < 4.78 is 5.62. The first kappa shape index (κ1) is 18.4. The number of rotatable bonds is 7. The molecule has 0 aliphatic carbocycles. The van der Waals surface area contributed by atoms with Crippen molar-refractivity contribution in [2.45, 2.75) is 13.3 Å². The Morgan fingerprint density at radius 1 is 1.23 bits per heavy atom. The van der Waals surface area contributed by atoms with Crippen LogP contribution in [0.25, 0.3) is 10.6 Å². The molecule has 2 aromatic carbocycles. The van der Waals surface area contributed by atoms with Crippen molar-refractivity contribution in [1.82, 2.24) is 10.3 Å². The fourth-order valence-corrected chi connectivity index (χ4v) is 3.58. The highest BCUT2D eigenvalue weighted by atomic mass is 35.5. The minimum atomic E-state index is -0.0751. The van der Waals surface area contributed by atoms with Gasteiger partial charge in [0, 0.05) is 10.9 Å². The van der Waals surface area contributed by atoms with Crippen LogP contribution < -0.4 is 10.1 Å². The lowest BCUT2D eigenvalue weighted by molar-refractivity contribution is -0.120. The van der Waals surface area contributed by atoms with Crippen LogP contribution in [-0.4, -0.2) is 24.0 Å². The quantitative estimate of drug-likeness (QED) is 0.608. The van der Waals surface area contributed by atoms with Crippen LogP contribution in [0.1, 0.15) is 11.3 Å². The summed E-state index contributed by atoms with van der Waals surface area (Å²) in [5, 5.41) is 6.22. The van der Waals surface area contributed by atoms with E-state index in [-0.39, 0.29) is 12.3 Å². The Hall–Kier alpha value is -2.37. The van der Waals surface area contributed by atoms with Crippen LogP contribution in [0.4, 0.5) is 0 Å². The van der Waals surface area contributed by atoms with Crippen molar-refractivity contribution in [2.24, 2.45) is 0 Å². The van der Waals surface area contributed by atoms with Crippen LogP contribution in [0, 0.1) is 6.92 Å². The largest absolute Gasteiger partial charge is 0.492 e. The fourth-order valence-electron chi connectivity index (χ4n) is 2.44. The van der Waals surface area contributed by atoms with E-state index in [1.807, 2.05) is 60.8 Å². The lowest BCUT2D eigenvalue weighted by Gasteiger charge is -2.07. The van der Waals surface area contributed by atoms with Gasteiger partial charge in [0.1, 0.15) is 17.4 Å². The SMILES string of the molecule is Cc1cccc(OCCNC(=O)Cc2csc(-c3ccccc3Cl)n2)c1. The number of hydrogen-bond donors (Lipinski definition) is 1. The maximum Gasteiger partial charge on any atom is 0.226 e. The van der Waals surface area contributed by atoms with Crippen molar-refractivity contribution >= 4 is 28.8 Å². The lowest BCUT2D eigenvalue weighted by Crippen LogP contribution is -2.29. The van der Waals surface area contributed by atoms with Gasteiger partial charge in [-0.2, -0.15) is 0 Å². The van der Waals surface area contributed by atoms with Gasteiger partial charge in [0.2, 0.25) is 5.91 Å². The van der Waals surface area contributed by atoms with Gasteiger partial charge in [-0.1, -0.05) is 41.9 Å². The Morgan fingerprint density at radius 2 is 2.08 bits per heavy atom. The van der Waals surface area contributed by atoms with Crippen LogP contribution in [-0.2, 0) is 11.2 Å². The van der Waals surface area contributed by atoms with Gasteiger partial charge in [-0.25, -0.2) is 4.98 Å². The Labute approximate surface area is 161 Å². The number of ether oxygens (including phenoxy) is 1. The van der Waals surface area contributed by atoms with Crippen LogP contribution in [0.15, 0.2) is 53.9 Å². The van der Waals surface area contributed by atoms with Crippen LogP contribution in [0.3, 0.4) is 0 Å². The molecule has 0 fully saturated rings. The molecular weight excluding hydrogens is 368 g/mol. The molecule has 0 radical (unpaired) electrons. The fraction of sp³-hybridized carbons (Fsp3) is 0.200. The zero-order valence-electron chi connectivity index (χ0n) is 14.4. The molecule has 134 valence electrons. The molecule has 0 bridgehead atoms. The summed E-state index contributed by atoms with van der Waals surface area (Å²) >= 11 is 7.68. The third-order valence-corrected chi connectivity index (χ3v) is 4.93. The summed E-state index contributed by atoms with van der Waals surface area (Å²) in [6.07, 6.45) is 0.241. The number of aryl methyl sites for hydroxylation is 1. The molecule has 3 rings (SSSR count). The van der Waals surface area contributed by atoms with Crippen molar-refractivity contribution in [1.29, 1.82) is 0 Å². The van der Waals surface area contributed by atoms with Crippen molar-refractivity contribution in [2.75, 3.05) is 13.2 Å². The first-order valence-corrected chi connectivity index (χ1v) is 9.53. The summed E-state index contributed by atoms with van der Waals surface area (Å²) in [5.41, 5.74) is 2.77. The topological polar surface area (TPSA) is 51.2 Å². The first-order chi connectivity index (χ1) is 12.6. The second-order valence-electron chi connectivity index (χ2n) is 5.82. The molecule has 3 aromatic rings. The molecule has 6 heteroatoms. The van der Waals surface area contributed by atoms with E-state index in [2.05, 4.69) is 10.3 Å². The third kappa shape index (κ3) is 5.07. The van der Waals surface area contributed by atoms with Crippen molar-refractivity contribution < 1.29 is 9.53 Å². The molecule has 0 saturated heterocycles. The second kappa shape index (κ2) is 8.83. The van der Waals surface area contributed by atoms with Crippen molar-refractivity contribution in [3.8, 4) is 16.3 Å². The van der Waals surface area contributed by atoms with Crippen LogP contribution >= 0.6 is 22.9 Å².